The number of benzene rings is 1. The highest BCUT2D eigenvalue weighted by atomic mass is 19.1. The van der Waals surface area contributed by atoms with Crippen LogP contribution >= 0.6 is 0 Å². The lowest BCUT2D eigenvalue weighted by molar-refractivity contribution is -0.157. The first kappa shape index (κ1) is 19.6. The standard InChI is InChI=1S/C23H20FN3O4/c1-11-6-13-12(4-2-3-5-25)15-9-27-19(20(15)26-18(13)8-17(11)24)7-14-16(22(27)29)10-31-23(30)21(14)28/h2,4,6-8,21,28H,3,5,9-10,25H2,1H3/b4-2+/t21-/m0/s1. The zero-order valence-corrected chi connectivity index (χ0v) is 16.8. The van der Waals surface area contributed by atoms with Gasteiger partial charge in [0.2, 0.25) is 0 Å². The maximum atomic E-state index is 14.3. The van der Waals surface area contributed by atoms with Gasteiger partial charge >= 0.3 is 5.97 Å². The van der Waals surface area contributed by atoms with E-state index in [1.807, 2.05) is 12.2 Å². The number of pyridine rings is 2. The number of hydrogen-bond donors (Lipinski definition) is 2. The summed E-state index contributed by atoms with van der Waals surface area (Å²) in [7, 11) is 0. The molecule has 0 radical (unpaired) electrons. The molecule has 2 aromatic heterocycles. The third-order valence-corrected chi connectivity index (χ3v) is 5.90. The summed E-state index contributed by atoms with van der Waals surface area (Å²) in [6.45, 7) is 2.29. The fourth-order valence-electron chi connectivity index (χ4n) is 4.27. The molecule has 3 aromatic rings. The van der Waals surface area contributed by atoms with Crippen LogP contribution < -0.4 is 11.3 Å². The van der Waals surface area contributed by atoms with E-state index >= 15 is 0 Å². The average molecular weight is 421 g/mol. The van der Waals surface area contributed by atoms with Crippen molar-refractivity contribution in [2.45, 2.75) is 32.6 Å². The number of aliphatic hydroxyl groups excluding tert-OH is 1. The molecule has 5 rings (SSSR count). The molecule has 158 valence electrons. The number of ether oxygens (including phenoxy) is 1. The van der Waals surface area contributed by atoms with Crippen molar-refractivity contribution in [2.75, 3.05) is 6.54 Å². The monoisotopic (exact) mass is 421 g/mol. The van der Waals surface area contributed by atoms with Gasteiger partial charge in [0.05, 0.1) is 29.0 Å². The fourth-order valence-corrected chi connectivity index (χ4v) is 4.27. The molecule has 4 heterocycles. The number of cyclic esters (lactones) is 1. The summed E-state index contributed by atoms with van der Waals surface area (Å²) >= 11 is 0. The van der Waals surface area contributed by atoms with E-state index in [9.17, 15) is 19.1 Å². The molecule has 0 fully saturated rings. The van der Waals surface area contributed by atoms with Crippen molar-refractivity contribution in [3.8, 4) is 11.4 Å². The van der Waals surface area contributed by atoms with Crippen molar-refractivity contribution in [3.05, 3.63) is 68.3 Å². The van der Waals surface area contributed by atoms with Gasteiger partial charge in [-0.15, -0.1) is 0 Å². The maximum absolute atomic E-state index is 14.3. The Morgan fingerprint density at radius 3 is 2.90 bits per heavy atom. The lowest BCUT2D eigenvalue weighted by atomic mass is 9.97. The zero-order valence-electron chi connectivity index (χ0n) is 16.8. The number of halogens is 1. The average Bonchev–Trinajstić information content (AvgIpc) is 3.11. The van der Waals surface area contributed by atoms with Gasteiger partial charge in [0, 0.05) is 22.6 Å². The number of aromatic nitrogens is 2. The first-order valence-corrected chi connectivity index (χ1v) is 10.0. The van der Waals surface area contributed by atoms with Gasteiger partial charge in [-0.25, -0.2) is 14.2 Å². The van der Waals surface area contributed by atoms with Gasteiger partial charge in [-0.2, -0.15) is 0 Å². The largest absolute Gasteiger partial charge is 0.458 e. The van der Waals surface area contributed by atoms with E-state index in [2.05, 4.69) is 4.98 Å². The summed E-state index contributed by atoms with van der Waals surface area (Å²) < 4.78 is 20.8. The van der Waals surface area contributed by atoms with Crippen LogP contribution in [0.1, 0.15) is 40.3 Å². The van der Waals surface area contributed by atoms with E-state index < -0.39 is 12.1 Å². The molecule has 1 atom stereocenters. The SMILES string of the molecule is Cc1cc2c(/C=C/CCN)c3c(nc2cc1F)-c1cc2c(c(=O)n1C3)COC(=O)[C@H]2O. The molecule has 3 N–H and O–H groups in total. The predicted octanol–water partition coefficient (Wildman–Crippen LogP) is 2.32. The first-order valence-electron chi connectivity index (χ1n) is 10.0. The summed E-state index contributed by atoms with van der Waals surface area (Å²) in [5.41, 5.74) is 9.46. The Morgan fingerprint density at radius 1 is 1.32 bits per heavy atom. The van der Waals surface area contributed by atoms with Crippen LogP contribution in [0.5, 0.6) is 0 Å². The van der Waals surface area contributed by atoms with E-state index in [1.165, 1.54) is 6.07 Å². The lowest BCUT2D eigenvalue weighted by Crippen LogP contribution is -2.32. The molecular weight excluding hydrogens is 401 g/mol. The van der Waals surface area contributed by atoms with E-state index in [4.69, 9.17) is 10.5 Å². The Balaban J connectivity index is 1.80. The van der Waals surface area contributed by atoms with Crippen LogP contribution in [0.4, 0.5) is 4.39 Å². The summed E-state index contributed by atoms with van der Waals surface area (Å²) in [5.74, 6) is -1.15. The van der Waals surface area contributed by atoms with Gasteiger partial charge in [0.25, 0.3) is 5.56 Å². The molecule has 8 heteroatoms. The van der Waals surface area contributed by atoms with Gasteiger partial charge in [-0.1, -0.05) is 12.2 Å². The van der Waals surface area contributed by atoms with Crippen molar-refractivity contribution < 1.29 is 19.0 Å². The van der Waals surface area contributed by atoms with Gasteiger partial charge in [-0.3, -0.25) is 4.79 Å². The Bertz CT molecular complexity index is 1360. The van der Waals surface area contributed by atoms with Crippen molar-refractivity contribution in [2.24, 2.45) is 5.73 Å². The molecule has 7 nitrogen and oxygen atoms in total. The van der Waals surface area contributed by atoms with Gasteiger partial charge in [-0.05, 0) is 43.1 Å². The third-order valence-electron chi connectivity index (χ3n) is 5.90. The van der Waals surface area contributed by atoms with Gasteiger partial charge in [0.1, 0.15) is 12.4 Å². The van der Waals surface area contributed by atoms with Crippen molar-refractivity contribution in [3.63, 3.8) is 0 Å². The number of nitrogens with two attached hydrogens (primary N) is 1. The second-order valence-corrected chi connectivity index (χ2v) is 7.82. The first-order chi connectivity index (χ1) is 14.9. The number of hydrogen-bond acceptors (Lipinski definition) is 6. The summed E-state index contributed by atoms with van der Waals surface area (Å²) in [6.07, 6.45) is 3.04. The highest BCUT2D eigenvalue weighted by Gasteiger charge is 2.34. The van der Waals surface area contributed by atoms with E-state index in [1.54, 1.807) is 23.6 Å². The van der Waals surface area contributed by atoms with Gasteiger partial charge in [0.15, 0.2) is 6.10 Å². The highest BCUT2D eigenvalue weighted by molar-refractivity contribution is 5.94. The molecule has 0 aliphatic carbocycles. The molecule has 2 aliphatic heterocycles. The molecule has 0 bridgehead atoms. The Morgan fingerprint density at radius 2 is 2.13 bits per heavy atom. The minimum atomic E-state index is -1.52. The van der Waals surface area contributed by atoms with Crippen LogP contribution in [0.2, 0.25) is 0 Å². The van der Waals surface area contributed by atoms with Crippen molar-refractivity contribution in [1.29, 1.82) is 0 Å². The molecule has 2 aliphatic rings. The van der Waals surface area contributed by atoms with Crippen molar-refractivity contribution in [1.82, 2.24) is 9.55 Å². The molecule has 0 saturated heterocycles. The number of esters is 1. The van der Waals surface area contributed by atoms with Crippen LogP contribution in [-0.2, 0) is 22.7 Å². The number of carbonyl (C=O) groups is 1. The summed E-state index contributed by atoms with van der Waals surface area (Å²) in [5, 5.41) is 11.0. The molecule has 1 aromatic carbocycles. The summed E-state index contributed by atoms with van der Waals surface area (Å²) in [6, 6.07) is 4.76. The quantitative estimate of drug-likeness (QED) is 0.492. The molecule has 0 unspecified atom stereocenters. The number of rotatable bonds is 3. The molecule has 0 amide bonds. The van der Waals surface area contributed by atoms with Crippen LogP contribution in [0.15, 0.2) is 29.1 Å². The van der Waals surface area contributed by atoms with E-state index in [0.717, 1.165) is 16.5 Å². The lowest BCUT2D eigenvalue weighted by Gasteiger charge is -2.21. The fraction of sp³-hybridized carbons (Fsp3) is 0.261. The summed E-state index contributed by atoms with van der Waals surface area (Å²) in [4.78, 5) is 29.6. The van der Waals surface area contributed by atoms with Crippen LogP contribution in [0, 0.1) is 12.7 Å². The zero-order chi connectivity index (χ0) is 21.9. The number of fused-ring (bicyclic) bond motifs is 5. The molecule has 0 spiro atoms. The topological polar surface area (TPSA) is 107 Å². The van der Waals surface area contributed by atoms with Crippen LogP contribution in [-0.4, -0.2) is 27.2 Å². The van der Waals surface area contributed by atoms with E-state index in [-0.39, 0.29) is 35.7 Å². The second kappa shape index (κ2) is 7.11. The Kier molecular flexibility index (Phi) is 4.49. The minimum Gasteiger partial charge on any atom is -0.458 e. The number of carbonyl (C=O) groups excluding carboxylic acids is 1. The van der Waals surface area contributed by atoms with Crippen LogP contribution in [0.3, 0.4) is 0 Å². The Labute approximate surface area is 176 Å². The van der Waals surface area contributed by atoms with E-state index in [0.29, 0.717) is 35.4 Å². The molecular formula is C23H20FN3O4. The molecule has 0 saturated carbocycles. The van der Waals surface area contributed by atoms with Crippen molar-refractivity contribution >= 4 is 22.9 Å². The maximum Gasteiger partial charge on any atom is 0.340 e. The van der Waals surface area contributed by atoms with Crippen LogP contribution in [0.25, 0.3) is 28.4 Å². The molecule has 31 heavy (non-hydrogen) atoms. The number of aliphatic hydroxyl groups is 1. The smallest absolute Gasteiger partial charge is 0.340 e. The second-order valence-electron chi connectivity index (χ2n) is 7.82. The highest BCUT2D eigenvalue weighted by Crippen LogP contribution is 2.38. The predicted molar refractivity (Wildman–Crippen MR) is 113 cm³/mol. The number of nitrogens with zero attached hydrogens (tertiary/aromatic N) is 2. The van der Waals surface area contributed by atoms with Gasteiger partial charge < -0.3 is 20.1 Å². The number of aryl methyl sites for hydroxylation is 1. The Hall–Kier alpha value is -3.36. The third kappa shape index (κ3) is 2.90. The normalized spacial score (nSPS) is 17.0. The minimum absolute atomic E-state index is 0.177.